The Morgan fingerprint density at radius 3 is 2.54 bits per heavy atom. The number of benzene rings is 1. The molecule has 2 aromatic rings. The third kappa shape index (κ3) is 4.74. The second kappa shape index (κ2) is 7.76. The highest BCUT2D eigenvalue weighted by Crippen LogP contribution is 2.39. The number of hydrogen-bond donors (Lipinski definition) is 1. The Morgan fingerprint density at radius 2 is 1.88 bits per heavy atom. The number of alkyl halides is 3. The van der Waals surface area contributed by atoms with Gasteiger partial charge in [-0.15, -0.1) is 0 Å². The lowest BCUT2D eigenvalue weighted by Gasteiger charge is -2.17. The summed E-state index contributed by atoms with van der Waals surface area (Å²) in [5, 5.41) is 2.74. The average Bonchev–Trinajstić information content (AvgIpc) is 3.15. The zero-order chi connectivity index (χ0) is 18.6. The molecule has 0 bridgehead atoms. The molecular weight excluding hydrogens is 345 g/mol. The first-order valence-electron chi connectivity index (χ1n) is 8.48. The van der Waals surface area contributed by atoms with E-state index < -0.39 is 12.8 Å². The molecule has 1 aromatic heterocycles. The standard InChI is InChI=1S/C19H19F3N2O2/c20-19(21,22)12-26-18-16(13-6-4-5-7-13)10-15(11-23-18)24-17(25)14-8-2-1-3-9-14/h1-3,8-11,13H,4-7,12H2,(H,24,25). The third-order valence-corrected chi connectivity index (χ3v) is 4.34. The van der Waals surface area contributed by atoms with Crippen molar-refractivity contribution >= 4 is 11.6 Å². The smallest absolute Gasteiger partial charge is 0.422 e. The summed E-state index contributed by atoms with van der Waals surface area (Å²) in [5.41, 5.74) is 1.56. The maximum atomic E-state index is 12.5. The van der Waals surface area contributed by atoms with Crippen LogP contribution in [0.4, 0.5) is 18.9 Å². The van der Waals surface area contributed by atoms with Crippen LogP contribution < -0.4 is 10.1 Å². The van der Waals surface area contributed by atoms with Crippen molar-refractivity contribution in [1.82, 2.24) is 4.98 Å². The predicted molar refractivity (Wildman–Crippen MR) is 91.4 cm³/mol. The van der Waals surface area contributed by atoms with Crippen molar-refractivity contribution in [3.8, 4) is 5.88 Å². The van der Waals surface area contributed by atoms with Crippen molar-refractivity contribution in [1.29, 1.82) is 0 Å². The normalized spacial score (nSPS) is 15.0. The lowest BCUT2D eigenvalue weighted by Crippen LogP contribution is -2.20. The molecule has 0 saturated heterocycles. The molecule has 1 heterocycles. The van der Waals surface area contributed by atoms with Crippen LogP contribution in [0.2, 0.25) is 0 Å². The largest absolute Gasteiger partial charge is 0.468 e. The number of carbonyl (C=O) groups excluding carboxylic acids is 1. The molecule has 3 rings (SSSR count). The molecule has 0 atom stereocenters. The van der Waals surface area contributed by atoms with Crippen molar-refractivity contribution in [3.05, 3.63) is 53.7 Å². The number of amides is 1. The van der Waals surface area contributed by atoms with Gasteiger partial charge in [0.1, 0.15) is 0 Å². The number of nitrogens with zero attached hydrogens (tertiary/aromatic N) is 1. The van der Waals surface area contributed by atoms with Crippen molar-refractivity contribution in [2.45, 2.75) is 37.8 Å². The molecule has 0 unspecified atom stereocenters. The van der Waals surface area contributed by atoms with E-state index in [4.69, 9.17) is 4.74 Å². The number of aromatic nitrogens is 1. The highest BCUT2D eigenvalue weighted by Gasteiger charge is 2.30. The van der Waals surface area contributed by atoms with Gasteiger partial charge in [-0.2, -0.15) is 13.2 Å². The third-order valence-electron chi connectivity index (χ3n) is 4.34. The van der Waals surface area contributed by atoms with E-state index in [1.54, 1.807) is 30.3 Å². The Morgan fingerprint density at radius 1 is 1.19 bits per heavy atom. The van der Waals surface area contributed by atoms with Gasteiger partial charge in [0.15, 0.2) is 6.61 Å². The van der Waals surface area contributed by atoms with Gasteiger partial charge >= 0.3 is 6.18 Å². The van der Waals surface area contributed by atoms with Crippen LogP contribution in [0.1, 0.15) is 47.5 Å². The number of anilines is 1. The minimum Gasteiger partial charge on any atom is -0.468 e. The molecule has 1 aliphatic carbocycles. The van der Waals surface area contributed by atoms with E-state index in [9.17, 15) is 18.0 Å². The topological polar surface area (TPSA) is 51.2 Å². The monoisotopic (exact) mass is 364 g/mol. The van der Waals surface area contributed by atoms with Gasteiger partial charge in [0.2, 0.25) is 5.88 Å². The molecule has 0 radical (unpaired) electrons. The minimum absolute atomic E-state index is 0.00747. The van der Waals surface area contributed by atoms with Gasteiger partial charge in [-0.25, -0.2) is 4.98 Å². The Kier molecular flexibility index (Phi) is 5.44. The van der Waals surface area contributed by atoms with Gasteiger partial charge in [0, 0.05) is 11.1 Å². The van der Waals surface area contributed by atoms with Crippen LogP contribution in [0, 0.1) is 0 Å². The van der Waals surface area contributed by atoms with E-state index in [0.717, 1.165) is 25.7 Å². The highest BCUT2D eigenvalue weighted by molar-refractivity contribution is 6.04. The maximum Gasteiger partial charge on any atom is 0.422 e. The predicted octanol–water partition coefficient (Wildman–Crippen LogP) is 4.93. The summed E-state index contributed by atoms with van der Waals surface area (Å²) in [6, 6.07) is 10.4. The van der Waals surface area contributed by atoms with Crippen molar-refractivity contribution in [2.24, 2.45) is 0 Å². The molecule has 1 saturated carbocycles. The molecule has 138 valence electrons. The van der Waals surface area contributed by atoms with Crippen LogP contribution in [-0.4, -0.2) is 23.7 Å². The lowest BCUT2D eigenvalue weighted by atomic mass is 9.98. The first-order valence-corrected chi connectivity index (χ1v) is 8.48. The van der Waals surface area contributed by atoms with Gasteiger partial charge in [0.25, 0.3) is 5.91 Å². The first-order chi connectivity index (χ1) is 12.4. The number of pyridine rings is 1. The molecular formula is C19H19F3N2O2. The van der Waals surface area contributed by atoms with Crippen molar-refractivity contribution < 1.29 is 22.7 Å². The quantitative estimate of drug-likeness (QED) is 0.818. The summed E-state index contributed by atoms with van der Waals surface area (Å²) in [6.45, 7) is -1.38. The SMILES string of the molecule is O=C(Nc1cnc(OCC(F)(F)F)c(C2CCCC2)c1)c1ccccc1. The van der Waals surface area contributed by atoms with E-state index in [0.29, 0.717) is 16.8 Å². The number of carbonyl (C=O) groups is 1. The lowest BCUT2D eigenvalue weighted by molar-refractivity contribution is -0.154. The van der Waals surface area contributed by atoms with E-state index in [2.05, 4.69) is 10.3 Å². The molecule has 0 aliphatic heterocycles. The van der Waals surface area contributed by atoms with Gasteiger partial charge in [-0.3, -0.25) is 4.79 Å². The van der Waals surface area contributed by atoms with E-state index >= 15 is 0 Å². The number of ether oxygens (including phenoxy) is 1. The number of halogens is 3. The van der Waals surface area contributed by atoms with E-state index in [1.165, 1.54) is 6.20 Å². The van der Waals surface area contributed by atoms with E-state index in [-0.39, 0.29) is 17.7 Å². The minimum atomic E-state index is -4.42. The van der Waals surface area contributed by atoms with Crippen LogP contribution in [0.5, 0.6) is 5.88 Å². The van der Waals surface area contributed by atoms with E-state index in [1.807, 2.05) is 6.07 Å². The number of nitrogens with one attached hydrogen (secondary N) is 1. The second-order valence-electron chi connectivity index (χ2n) is 6.32. The number of rotatable bonds is 5. The molecule has 1 aliphatic rings. The van der Waals surface area contributed by atoms with Crippen LogP contribution in [0.25, 0.3) is 0 Å². The maximum absolute atomic E-state index is 12.5. The Bertz CT molecular complexity index is 757. The summed E-state index contributed by atoms with van der Waals surface area (Å²) in [5.74, 6) is -0.208. The molecule has 1 N–H and O–H groups in total. The molecule has 26 heavy (non-hydrogen) atoms. The first kappa shape index (κ1) is 18.2. The van der Waals surface area contributed by atoms with Crippen LogP contribution >= 0.6 is 0 Å². The van der Waals surface area contributed by atoms with Crippen LogP contribution in [-0.2, 0) is 0 Å². The van der Waals surface area contributed by atoms with Gasteiger partial charge in [-0.1, -0.05) is 31.0 Å². The van der Waals surface area contributed by atoms with Gasteiger partial charge < -0.3 is 10.1 Å². The van der Waals surface area contributed by atoms with Crippen molar-refractivity contribution in [2.75, 3.05) is 11.9 Å². The fourth-order valence-corrected chi connectivity index (χ4v) is 3.13. The Balaban J connectivity index is 1.81. The summed E-state index contributed by atoms with van der Waals surface area (Å²) in [6.07, 6.45) is 0.689. The summed E-state index contributed by atoms with van der Waals surface area (Å²) in [7, 11) is 0. The summed E-state index contributed by atoms with van der Waals surface area (Å²) >= 11 is 0. The second-order valence-corrected chi connectivity index (χ2v) is 6.32. The average molecular weight is 364 g/mol. The molecule has 4 nitrogen and oxygen atoms in total. The zero-order valence-electron chi connectivity index (χ0n) is 14.1. The molecule has 1 aromatic carbocycles. The number of hydrogen-bond acceptors (Lipinski definition) is 3. The molecule has 0 spiro atoms. The zero-order valence-corrected chi connectivity index (χ0v) is 14.1. The molecule has 7 heteroatoms. The molecule has 1 amide bonds. The van der Waals surface area contributed by atoms with Crippen LogP contribution in [0.15, 0.2) is 42.6 Å². The van der Waals surface area contributed by atoms with Gasteiger partial charge in [0.05, 0.1) is 11.9 Å². The fraction of sp³-hybridized carbons (Fsp3) is 0.368. The van der Waals surface area contributed by atoms with Crippen LogP contribution in [0.3, 0.4) is 0 Å². The summed E-state index contributed by atoms with van der Waals surface area (Å²) in [4.78, 5) is 16.3. The summed E-state index contributed by atoms with van der Waals surface area (Å²) < 4.78 is 42.3. The highest BCUT2D eigenvalue weighted by atomic mass is 19.4. The van der Waals surface area contributed by atoms with Crippen molar-refractivity contribution in [3.63, 3.8) is 0 Å². The fourth-order valence-electron chi connectivity index (χ4n) is 3.13. The Labute approximate surface area is 149 Å². The van der Waals surface area contributed by atoms with Gasteiger partial charge in [-0.05, 0) is 37.0 Å². The molecule has 1 fully saturated rings. The Hall–Kier alpha value is -2.57.